The van der Waals surface area contributed by atoms with Crippen LogP contribution >= 0.6 is 0 Å². The van der Waals surface area contributed by atoms with Gasteiger partial charge in [-0.25, -0.2) is 0 Å². The summed E-state index contributed by atoms with van der Waals surface area (Å²) in [5.74, 6) is 0.383. The van der Waals surface area contributed by atoms with Crippen LogP contribution in [0.2, 0.25) is 0 Å². The summed E-state index contributed by atoms with van der Waals surface area (Å²) in [6.07, 6.45) is 5.39. The second-order valence-corrected chi connectivity index (χ2v) is 5.94. The summed E-state index contributed by atoms with van der Waals surface area (Å²) in [7, 11) is 0. The molecule has 0 aromatic carbocycles. The van der Waals surface area contributed by atoms with E-state index < -0.39 is 0 Å². The molecule has 21 heavy (non-hydrogen) atoms. The van der Waals surface area contributed by atoms with E-state index in [4.69, 9.17) is 0 Å². The zero-order valence-corrected chi connectivity index (χ0v) is 12.7. The molecule has 114 valence electrons. The molecule has 2 amide bonds. The van der Waals surface area contributed by atoms with Crippen LogP contribution in [0, 0.1) is 5.92 Å². The standard InChI is InChI=1S/C16H23N3O2/c1-12(2)10-14-16(21)19(9-6-15(20)18-14)8-5-13-4-3-7-17-11-13/h3-4,7,11-12,14H,5-6,8-10H2,1-2H3,(H,18,20). The molecule has 2 rings (SSSR count). The molecule has 2 heterocycles. The number of nitrogens with zero attached hydrogens (tertiary/aromatic N) is 2. The summed E-state index contributed by atoms with van der Waals surface area (Å²) >= 11 is 0. The van der Waals surface area contributed by atoms with Crippen molar-refractivity contribution in [3.8, 4) is 0 Å². The summed E-state index contributed by atoms with van der Waals surface area (Å²) in [6.45, 7) is 5.25. The van der Waals surface area contributed by atoms with Gasteiger partial charge in [-0.15, -0.1) is 0 Å². The van der Waals surface area contributed by atoms with Gasteiger partial charge in [-0.3, -0.25) is 14.6 Å². The minimum atomic E-state index is -0.381. The van der Waals surface area contributed by atoms with E-state index in [1.807, 2.05) is 18.3 Å². The third kappa shape index (κ3) is 4.55. The van der Waals surface area contributed by atoms with Gasteiger partial charge in [0.05, 0.1) is 0 Å². The van der Waals surface area contributed by atoms with Gasteiger partial charge in [-0.1, -0.05) is 19.9 Å². The Morgan fingerprint density at radius 3 is 2.90 bits per heavy atom. The first-order chi connectivity index (χ1) is 10.1. The van der Waals surface area contributed by atoms with E-state index in [-0.39, 0.29) is 17.9 Å². The van der Waals surface area contributed by atoms with Crippen LogP contribution in [0.4, 0.5) is 0 Å². The van der Waals surface area contributed by atoms with Crippen molar-refractivity contribution in [2.24, 2.45) is 5.92 Å². The van der Waals surface area contributed by atoms with Crippen LogP contribution < -0.4 is 5.32 Å². The number of pyridine rings is 1. The lowest BCUT2D eigenvalue weighted by molar-refractivity contribution is -0.133. The quantitative estimate of drug-likeness (QED) is 0.891. The average Bonchev–Trinajstić information content (AvgIpc) is 2.58. The summed E-state index contributed by atoms with van der Waals surface area (Å²) in [4.78, 5) is 30.2. The van der Waals surface area contributed by atoms with Crippen molar-refractivity contribution >= 4 is 11.8 Å². The molecular weight excluding hydrogens is 266 g/mol. The summed E-state index contributed by atoms with van der Waals surface area (Å²) in [6, 6.07) is 3.52. The Bertz CT molecular complexity index is 488. The molecule has 5 nitrogen and oxygen atoms in total. The Labute approximate surface area is 125 Å². The van der Waals surface area contributed by atoms with Gasteiger partial charge in [0.25, 0.3) is 0 Å². The molecule has 0 spiro atoms. The number of carbonyl (C=O) groups is 2. The highest BCUT2D eigenvalue weighted by Crippen LogP contribution is 2.12. The fraction of sp³-hybridized carbons (Fsp3) is 0.562. The predicted octanol–water partition coefficient (Wildman–Crippen LogP) is 1.39. The number of carbonyl (C=O) groups excluding carboxylic acids is 2. The Morgan fingerprint density at radius 2 is 2.24 bits per heavy atom. The van der Waals surface area contributed by atoms with Crippen LogP contribution in [0.5, 0.6) is 0 Å². The lowest BCUT2D eigenvalue weighted by Crippen LogP contribution is -2.45. The van der Waals surface area contributed by atoms with E-state index in [0.29, 0.717) is 31.8 Å². The highest BCUT2D eigenvalue weighted by Gasteiger charge is 2.29. The molecule has 0 aliphatic carbocycles. The van der Waals surface area contributed by atoms with Crippen LogP contribution in [0.25, 0.3) is 0 Å². The van der Waals surface area contributed by atoms with Crippen LogP contribution in [0.3, 0.4) is 0 Å². The molecule has 1 saturated heterocycles. The molecule has 1 unspecified atom stereocenters. The Balaban J connectivity index is 2.00. The fourth-order valence-corrected chi connectivity index (χ4v) is 2.56. The Morgan fingerprint density at radius 1 is 1.43 bits per heavy atom. The molecule has 1 N–H and O–H groups in total. The number of aromatic nitrogens is 1. The third-order valence-corrected chi connectivity index (χ3v) is 3.65. The average molecular weight is 289 g/mol. The predicted molar refractivity (Wildman–Crippen MR) is 80.5 cm³/mol. The van der Waals surface area contributed by atoms with Gasteiger partial charge in [0.15, 0.2) is 0 Å². The topological polar surface area (TPSA) is 62.3 Å². The smallest absolute Gasteiger partial charge is 0.245 e. The summed E-state index contributed by atoms with van der Waals surface area (Å²) < 4.78 is 0. The summed E-state index contributed by atoms with van der Waals surface area (Å²) in [5, 5.41) is 2.85. The van der Waals surface area contributed by atoms with Gasteiger partial charge >= 0.3 is 0 Å². The fourth-order valence-electron chi connectivity index (χ4n) is 2.56. The lowest BCUT2D eigenvalue weighted by Gasteiger charge is -2.25. The van der Waals surface area contributed by atoms with Crippen LogP contribution in [-0.4, -0.2) is 40.8 Å². The molecule has 1 aliphatic heterocycles. The zero-order chi connectivity index (χ0) is 15.2. The van der Waals surface area contributed by atoms with Gasteiger partial charge in [0, 0.05) is 31.9 Å². The number of rotatable bonds is 5. The van der Waals surface area contributed by atoms with Crippen molar-refractivity contribution in [2.45, 2.75) is 39.2 Å². The second-order valence-electron chi connectivity index (χ2n) is 5.94. The summed E-state index contributed by atoms with van der Waals surface area (Å²) in [5.41, 5.74) is 1.11. The van der Waals surface area contributed by atoms with Crippen molar-refractivity contribution < 1.29 is 9.59 Å². The maximum atomic E-state index is 12.5. The Hall–Kier alpha value is -1.91. The van der Waals surface area contributed by atoms with Crippen LogP contribution in [-0.2, 0) is 16.0 Å². The van der Waals surface area contributed by atoms with E-state index in [9.17, 15) is 9.59 Å². The monoisotopic (exact) mass is 289 g/mol. The van der Waals surface area contributed by atoms with E-state index in [0.717, 1.165) is 12.0 Å². The Kier molecular flexibility index (Phi) is 5.31. The van der Waals surface area contributed by atoms with Crippen LogP contribution in [0.1, 0.15) is 32.3 Å². The van der Waals surface area contributed by atoms with Crippen molar-refractivity contribution in [3.05, 3.63) is 30.1 Å². The van der Waals surface area contributed by atoms with Gasteiger partial charge in [0.1, 0.15) is 6.04 Å². The van der Waals surface area contributed by atoms with Crippen molar-refractivity contribution in [1.82, 2.24) is 15.2 Å². The zero-order valence-electron chi connectivity index (χ0n) is 12.7. The number of hydrogen-bond acceptors (Lipinski definition) is 3. The minimum absolute atomic E-state index is 0.0297. The maximum absolute atomic E-state index is 12.5. The first kappa shape index (κ1) is 15.5. The molecule has 5 heteroatoms. The van der Waals surface area contributed by atoms with Crippen LogP contribution in [0.15, 0.2) is 24.5 Å². The van der Waals surface area contributed by atoms with Gasteiger partial charge in [-0.05, 0) is 30.4 Å². The van der Waals surface area contributed by atoms with E-state index in [1.54, 1.807) is 11.1 Å². The molecule has 1 aromatic rings. The molecule has 0 bridgehead atoms. The van der Waals surface area contributed by atoms with Crippen molar-refractivity contribution in [2.75, 3.05) is 13.1 Å². The SMILES string of the molecule is CC(C)CC1NC(=O)CCN(CCc2cccnc2)C1=O. The first-order valence-electron chi connectivity index (χ1n) is 7.53. The molecule has 1 aromatic heterocycles. The molecule has 1 fully saturated rings. The van der Waals surface area contributed by atoms with Gasteiger partial charge in [0.2, 0.25) is 11.8 Å². The second kappa shape index (κ2) is 7.20. The molecule has 1 atom stereocenters. The first-order valence-corrected chi connectivity index (χ1v) is 7.53. The highest BCUT2D eigenvalue weighted by atomic mass is 16.2. The van der Waals surface area contributed by atoms with Crippen molar-refractivity contribution in [1.29, 1.82) is 0 Å². The minimum Gasteiger partial charge on any atom is -0.344 e. The normalized spacial score (nSPS) is 19.6. The van der Waals surface area contributed by atoms with E-state index in [1.165, 1.54) is 0 Å². The number of hydrogen-bond donors (Lipinski definition) is 1. The van der Waals surface area contributed by atoms with Gasteiger partial charge in [-0.2, -0.15) is 0 Å². The molecule has 1 aliphatic rings. The molecule has 0 saturated carbocycles. The van der Waals surface area contributed by atoms with E-state index >= 15 is 0 Å². The lowest BCUT2D eigenvalue weighted by atomic mass is 10.0. The number of nitrogens with one attached hydrogen (secondary N) is 1. The molecule has 0 radical (unpaired) electrons. The maximum Gasteiger partial charge on any atom is 0.245 e. The molecular formula is C16H23N3O2. The largest absolute Gasteiger partial charge is 0.344 e. The highest BCUT2D eigenvalue weighted by molar-refractivity contribution is 5.89. The van der Waals surface area contributed by atoms with E-state index in [2.05, 4.69) is 24.1 Å². The third-order valence-electron chi connectivity index (χ3n) is 3.65. The van der Waals surface area contributed by atoms with Crippen molar-refractivity contribution in [3.63, 3.8) is 0 Å². The number of amides is 2. The van der Waals surface area contributed by atoms with Gasteiger partial charge < -0.3 is 10.2 Å².